The molecule has 44 heavy (non-hydrogen) atoms. The molecule has 0 fully saturated rings. The average molecular weight is 581 g/mol. The lowest BCUT2D eigenvalue weighted by Crippen LogP contribution is -2.16. The van der Waals surface area contributed by atoms with E-state index in [-0.39, 0.29) is 16.6 Å². The molecule has 1 N–H and O–H groups in total. The molecule has 0 amide bonds. The van der Waals surface area contributed by atoms with Crippen LogP contribution in [0.4, 0.5) is 0 Å². The first-order chi connectivity index (χ1) is 20.8. The summed E-state index contributed by atoms with van der Waals surface area (Å²) in [5.74, 6) is 0.903. The van der Waals surface area contributed by atoms with E-state index >= 15 is 0 Å². The molecule has 0 unspecified atom stereocenters. The number of rotatable bonds is 4. The summed E-state index contributed by atoms with van der Waals surface area (Å²) in [6.45, 7) is 15.6. The number of pyridine rings is 2. The van der Waals surface area contributed by atoms with Crippen LogP contribution in [0.2, 0.25) is 0 Å². The molecule has 3 heterocycles. The Bertz CT molecular complexity index is 1980. The van der Waals surface area contributed by atoms with Crippen molar-refractivity contribution >= 4 is 11.0 Å². The number of nitrogens with zero attached hydrogens (tertiary/aromatic N) is 4. The lowest BCUT2D eigenvalue weighted by atomic mass is 9.78. The Morgan fingerprint density at radius 2 is 1.34 bits per heavy atom. The zero-order valence-electron chi connectivity index (χ0n) is 26.9. The van der Waals surface area contributed by atoms with E-state index in [0.29, 0.717) is 11.4 Å². The van der Waals surface area contributed by atoms with Gasteiger partial charge in [-0.15, -0.1) is 0 Å². The van der Waals surface area contributed by atoms with E-state index in [4.69, 9.17) is 9.97 Å². The van der Waals surface area contributed by atoms with Crippen LogP contribution in [0.1, 0.15) is 58.2 Å². The van der Waals surface area contributed by atoms with Gasteiger partial charge in [0.1, 0.15) is 17.1 Å². The fourth-order valence-corrected chi connectivity index (χ4v) is 5.67. The van der Waals surface area contributed by atoms with Gasteiger partial charge in [-0.1, -0.05) is 77.4 Å². The fourth-order valence-electron chi connectivity index (χ4n) is 5.67. The van der Waals surface area contributed by atoms with Crippen LogP contribution in [-0.4, -0.2) is 24.6 Å². The van der Waals surface area contributed by atoms with Gasteiger partial charge in [0.2, 0.25) is 0 Å². The van der Waals surface area contributed by atoms with Gasteiger partial charge >= 0.3 is 0 Å². The summed E-state index contributed by atoms with van der Waals surface area (Å²) in [4.78, 5) is 14.5. The van der Waals surface area contributed by atoms with Gasteiger partial charge in [0.25, 0.3) is 0 Å². The first-order valence-electron chi connectivity index (χ1n) is 15.1. The minimum absolute atomic E-state index is 0.00133. The molecule has 0 aliphatic rings. The summed E-state index contributed by atoms with van der Waals surface area (Å²) in [6.07, 6.45) is 5.57. The van der Waals surface area contributed by atoms with E-state index in [2.05, 4.69) is 82.9 Å². The minimum Gasteiger partial charge on any atom is -0.507 e. The van der Waals surface area contributed by atoms with Crippen LogP contribution in [0.25, 0.3) is 55.9 Å². The summed E-state index contributed by atoms with van der Waals surface area (Å²) in [5, 5.41) is 10.7. The van der Waals surface area contributed by atoms with Crippen molar-refractivity contribution in [3.05, 3.63) is 108 Å². The molecule has 5 heteroatoms. The second kappa shape index (κ2) is 10.7. The Balaban J connectivity index is 1.62. The maximum atomic E-state index is 10.7. The third-order valence-corrected chi connectivity index (χ3v) is 8.39. The molecule has 0 aliphatic heterocycles. The Labute approximate surface area is 260 Å². The highest BCUT2D eigenvalue weighted by Gasteiger charge is 2.22. The van der Waals surface area contributed by atoms with Crippen LogP contribution in [0, 0.1) is 6.92 Å². The number of hydrogen-bond donors (Lipinski definition) is 1. The Kier molecular flexibility index (Phi) is 7.16. The number of phenols is 1. The maximum absolute atomic E-state index is 10.7. The van der Waals surface area contributed by atoms with Crippen molar-refractivity contribution in [1.29, 1.82) is 0 Å². The highest BCUT2D eigenvalue weighted by molar-refractivity contribution is 5.95. The van der Waals surface area contributed by atoms with Gasteiger partial charge < -0.3 is 9.67 Å². The minimum atomic E-state index is -0.00133. The average Bonchev–Trinajstić information content (AvgIpc) is 3.33. The monoisotopic (exact) mass is 580 g/mol. The van der Waals surface area contributed by atoms with Gasteiger partial charge in [0.05, 0.1) is 23.0 Å². The predicted molar refractivity (Wildman–Crippen MR) is 182 cm³/mol. The lowest BCUT2D eigenvalue weighted by molar-refractivity contribution is 0.476. The molecular weight excluding hydrogens is 540 g/mol. The number of fused-ring (bicyclic) bond motifs is 1. The molecule has 3 aromatic carbocycles. The number of aromatic hydroxyl groups is 1. The van der Waals surface area contributed by atoms with E-state index in [9.17, 15) is 5.11 Å². The third kappa shape index (κ3) is 5.50. The number of imidazole rings is 1. The second-order valence-electron chi connectivity index (χ2n) is 13.9. The maximum Gasteiger partial charge on any atom is 0.144 e. The molecule has 0 atom stereocenters. The summed E-state index contributed by atoms with van der Waals surface area (Å²) in [5.41, 5.74) is 12.3. The molecule has 0 spiro atoms. The van der Waals surface area contributed by atoms with Gasteiger partial charge in [-0.2, -0.15) is 0 Å². The molecule has 3 aromatic heterocycles. The highest BCUT2D eigenvalue weighted by atomic mass is 16.3. The topological polar surface area (TPSA) is 63.8 Å². The van der Waals surface area contributed by atoms with E-state index < -0.39 is 0 Å². The van der Waals surface area contributed by atoms with E-state index in [1.807, 2.05) is 67.5 Å². The van der Waals surface area contributed by atoms with Crippen molar-refractivity contribution in [2.45, 2.75) is 59.3 Å². The third-order valence-electron chi connectivity index (χ3n) is 8.39. The molecule has 5 nitrogen and oxygen atoms in total. The normalized spacial score (nSPS) is 12.2. The van der Waals surface area contributed by atoms with Crippen LogP contribution in [-0.2, 0) is 17.9 Å². The first kappa shape index (κ1) is 29.3. The smallest absolute Gasteiger partial charge is 0.144 e. The molecular formula is C39H40N4O. The molecule has 0 aliphatic carbocycles. The van der Waals surface area contributed by atoms with Gasteiger partial charge in [-0.3, -0.25) is 9.97 Å². The van der Waals surface area contributed by atoms with Gasteiger partial charge in [0.15, 0.2) is 0 Å². The number of aryl methyl sites for hydroxylation is 2. The van der Waals surface area contributed by atoms with Gasteiger partial charge in [-0.25, -0.2) is 4.98 Å². The first-order valence-corrected chi connectivity index (χ1v) is 15.1. The number of hydrogen-bond acceptors (Lipinski definition) is 4. The molecule has 0 bridgehead atoms. The quantitative estimate of drug-likeness (QED) is 0.225. The molecule has 0 radical (unpaired) electrons. The lowest BCUT2D eigenvalue weighted by Gasteiger charge is -2.26. The van der Waals surface area contributed by atoms with E-state index in [1.54, 1.807) is 6.07 Å². The van der Waals surface area contributed by atoms with Crippen molar-refractivity contribution in [3.8, 4) is 50.6 Å². The molecule has 6 rings (SSSR count). The Hall–Kier alpha value is -4.77. The summed E-state index contributed by atoms with van der Waals surface area (Å²) >= 11 is 0. The fraction of sp³-hybridized carbons (Fsp3) is 0.256. The van der Waals surface area contributed by atoms with Crippen molar-refractivity contribution in [3.63, 3.8) is 0 Å². The number of benzene rings is 3. The predicted octanol–water partition coefficient (Wildman–Crippen LogP) is 9.64. The van der Waals surface area contributed by atoms with Crippen LogP contribution in [0.15, 0.2) is 91.4 Å². The largest absolute Gasteiger partial charge is 0.507 e. The second-order valence-corrected chi connectivity index (χ2v) is 13.9. The van der Waals surface area contributed by atoms with E-state index in [0.717, 1.165) is 44.5 Å². The van der Waals surface area contributed by atoms with Gasteiger partial charge in [0, 0.05) is 30.6 Å². The molecule has 222 valence electrons. The van der Waals surface area contributed by atoms with Crippen molar-refractivity contribution in [2.75, 3.05) is 0 Å². The van der Waals surface area contributed by atoms with Crippen LogP contribution in [0.5, 0.6) is 5.75 Å². The van der Waals surface area contributed by atoms with Gasteiger partial charge in [-0.05, 0) is 88.0 Å². The van der Waals surface area contributed by atoms with E-state index in [1.165, 1.54) is 16.7 Å². The van der Waals surface area contributed by atoms with Crippen LogP contribution in [0.3, 0.4) is 0 Å². The molecule has 0 saturated heterocycles. The standard InChI is InChI=1S/C39H40N4O/c1-24-12-13-35(44)31(15-24)37-42-36-32(22-40-23-34(36)43(37)8)27-16-25(17-28(18-27)33-11-9-10-14-41-33)26-19-29(38(2,3)4)21-30(20-26)39(5,6)7/h9-23,44H,1-8H3. The van der Waals surface area contributed by atoms with Crippen molar-refractivity contribution < 1.29 is 5.11 Å². The van der Waals surface area contributed by atoms with Crippen LogP contribution >= 0.6 is 0 Å². The number of aromatic nitrogens is 4. The SMILES string of the molecule is Cc1ccc(O)c(-c2nc3c(-c4cc(-c5cc(C(C)(C)C)cc(C(C)(C)C)c5)cc(-c5ccccn5)c4)cncc3n2C)c1. The summed E-state index contributed by atoms with van der Waals surface area (Å²) in [6, 6.07) is 25.3. The highest BCUT2D eigenvalue weighted by Crippen LogP contribution is 2.39. The molecule has 6 aromatic rings. The number of phenolic OH excluding ortho intramolecular Hbond substituents is 1. The van der Waals surface area contributed by atoms with Crippen LogP contribution < -0.4 is 0 Å². The zero-order valence-corrected chi connectivity index (χ0v) is 26.9. The molecule has 0 saturated carbocycles. The Morgan fingerprint density at radius 3 is 2.00 bits per heavy atom. The summed E-state index contributed by atoms with van der Waals surface area (Å²) in [7, 11) is 1.97. The Morgan fingerprint density at radius 1 is 0.682 bits per heavy atom. The summed E-state index contributed by atoms with van der Waals surface area (Å²) < 4.78 is 2.01. The zero-order chi connectivity index (χ0) is 31.4. The van der Waals surface area contributed by atoms with Crippen molar-refractivity contribution in [1.82, 2.24) is 19.5 Å². The van der Waals surface area contributed by atoms with Crippen molar-refractivity contribution in [2.24, 2.45) is 7.05 Å².